The van der Waals surface area contributed by atoms with E-state index in [4.69, 9.17) is 0 Å². The highest BCUT2D eigenvalue weighted by molar-refractivity contribution is 6.00. The number of fused-ring (bicyclic) bond motifs is 1. The van der Waals surface area contributed by atoms with E-state index in [0.29, 0.717) is 11.4 Å². The van der Waals surface area contributed by atoms with E-state index >= 15 is 0 Å². The summed E-state index contributed by atoms with van der Waals surface area (Å²) in [7, 11) is 0. The number of carboxylic acids is 1. The summed E-state index contributed by atoms with van der Waals surface area (Å²) >= 11 is 0. The third-order valence-electron chi connectivity index (χ3n) is 4.30. The molecule has 1 heterocycles. The first-order valence-electron chi connectivity index (χ1n) is 6.86. The van der Waals surface area contributed by atoms with E-state index < -0.39 is 22.6 Å². The predicted octanol–water partition coefficient (Wildman–Crippen LogP) is 1.53. The monoisotopic (exact) mass is 288 g/mol. The molecule has 1 aromatic heterocycles. The lowest BCUT2D eigenvalue weighted by Crippen LogP contribution is -2.45. The Kier molecular flexibility index (Phi) is 2.79. The van der Waals surface area contributed by atoms with Crippen molar-refractivity contribution in [1.82, 2.24) is 9.55 Å². The van der Waals surface area contributed by atoms with Gasteiger partial charge in [0.05, 0.1) is 16.6 Å². The minimum atomic E-state index is -1.13. The van der Waals surface area contributed by atoms with Gasteiger partial charge >= 0.3 is 17.1 Å². The van der Waals surface area contributed by atoms with Crippen LogP contribution < -0.4 is 11.1 Å². The Labute approximate surface area is 120 Å². The van der Waals surface area contributed by atoms with Crippen molar-refractivity contribution in [2.24, 2.45) is 5.92 Å². The lowest BCUT2D eigenvalue weighted by atomic mass is 9.97. The van der Waals surface area contributed by atoms with Crippen LogP contribution in [-0.2, 0) is 5.54 Å². The molecule has 1 fully saturated rings. The summed E-state index contributed by atoms with van der Waals surface area (Å²) in [4.78, 5) is 38.0. The van der Waals surface area contributed by atoms with Crippen molar-refractivity contribution < 1.29 is 9.90 Å². The summed E-state index contributed by atoms with van der Waals surface area (Å²) in [5, 5.41) is 9.25. The second-order valence-electron chi connectivity index (χ2n) is 6.03. The molecule has 1 aromatic carbocycles. The van der Waals surface area contributed by atoms with Gasteiger partial charge in [-0.05, 0) is 44.7 Å². The van der Waals surface area contributed by atoms with Gasteiger partial charge in [0.1, 0.15) is 0 Å². The molecule has 0 spiro atoms. The smallest absolute Gasteiger partial charge is 0.337 e. The highest BCUT2D eigenvalue weighted by Crippen LogP contribution is 2.44. The number of aromatic nitrogens is 2. The maximum absolute atomic E-state index is 12.3. The second kappa shape index (κ2) is 4.31. The van der Waals surface area contributed by atoms with E-state index in [1.807, 2.05) is 13.8 Å². The number of nitrogens with zero attached hydrogens (tertiary/aromatic N) is 1. The zero-order chi connectivity index (χ0) is 15.4. The van der Waals surface area contributed by atoms with E-state index in [-0.39, 0.29) is 11.1 Å². The first-order valence-corrected chi connectivity index (χ1v) is 6.86. The second-order valence-corrected chi connectivity index (χ2v) is 6.03. The molecule has 3 rings (SSSR count). The van der Waals surface area contributed by atoms with E-state index in [2.05, 4.69) is 4.98 Å². The van der Waals surface area contributed by atoms with Gasteiger partial charge in [0.25, 0.3) is 0 Å². The van der Waals surface area contributed by atoms with Gasteiger partial charge in [-0.1, -0.05) is 6.07 Å². The molecule has 6 heteroatoms. The Morgan fingerprint density at radius 2 is 2.00 bits per heavy atom. The third-order valence-corrected chi connectivity index (χ3v) is 4.30. The third kappa shape index (κ3) is 1.98. The number of rotatable bonds is 3. The van der Waals surface area contributed by atoms with Crippen molar-refractivity contribution in [1.29, 1.82) is 0 Å². The molecule has 2 N–H and O–H groups in total. The van der Waals surface area contributed by atoms with Gasteiger partial charge in [-0.25, -0.2) is 4.79 Å². The maximum Gasteiger partial charge on any atom is 0.337 e. The van der Waals surface area contributed by atoms with Crippen molar-refractivity contribution in [3.8, 4) is 0 Å². The van der Waals surface area contributed by atoms with Crippen molar-refractivity contribution in [3.63, 3.8) is 0 Å². The lowest BCUT2D eigenvalue weighted by molar-refractivity contribution is 0.0698. The Hall–Kier alpha value is -2.37. The van der Waals surface area contributed by atoms with Gasteiger partial charge in [0.2, 0.25) is 0 Å². The molecular weight excluding hydrogens is 272 g/mol. The van der Waals surface area contributed by atoms with Crippen LogP contribution in [0.2, 0.25) is 0 Å². The average Bonchev–Trinajstić information content (AvgIpc) is 3.23. The Morgan fingerprint density at radius 1 is 1.33 bits per heavy atom. The molecule has 0 radical (unpaired) electrons. The molecule has 110 valence electrons. The minimum Gasteiger partial charge on any atom is -0.478 e. The van der Waals surface area contributed by atoms with Crippen molar-refractivity contribution >= 4 is 17.0 Å². The lowest BCUT2D eigenvalue weighted by Gasteiger charge is -2.29. The number of H-pyrrole nitrogens is 1. The quantitative estimate of drug-likeness (QED) is 0.838. The van der Waals surface area contributed by atoms with Crippen LogP contribution in [0.15, 0.2) is 27.8 Å². The molecule has 1 aliphatic rings. The molecule has 0 aliphatic heterocycles. The normalized spacial score (nSPS) is 15.3. The molecule has 21 heavy (non-hydrogen) atoms. The SMILES string of the molecule is CC(C)(C1CC1)n1c(=O)c(=O)[nH]c2c(C(=O)O)cccc21. The van der Waals surface area contributed by atoms with Gasteiger partial charge in [-0.2, -0.15) is 0 Å². The number of para-hydroxylation sites is 1. The highest BCUT2D eigenvalue weighted by Gasteiger charge is 2.41. The molecule has 6 nitrogen and oxygen atoms in total. The summed E-state index contributed by atoms with van der Waals surface area (Å²) < 4.78 is 1.45. The summed E-state index contributed by atoms with van der Waals surface area (Å²) in [6.45, 7) is 3.83. The highest BCUT2D eigenvalue weighted by atomic mass is 16.4. The first kappa shape index (κ1) is 13.6. The van der Waals surface area contributed by atoms with Crippen LogP contribution in [0.1, 0.15) is 37.0 Å². The van der Waals surface area contributed by atoms with Crippen LogP contribution >= 0.6 is 0 Å². The molecule has 0 amide bonds. The topological polar surface area (TPSA) is 92.2 Å². The zero-order valence-corrected chi connectivity index (χ0v) is 11.8. The van der Waals surface area contributed by atoms with Crippen molar-refractivity contribution in [2.45, 2.75) is 32.2 Å². The van der Waals surface area contributed by atoms with Crippen LogP contribution in [0.25, 0.3) is 11.0 Å². The number of nitrogens with one attached hydrogen (secondary N) is 1. The Balaban J connectivity index is 2.46. The molecule has 0 atom stereocenters. The van der Waals surface area contributed by atoms with Crippen molar-refractivity contribution in [2.75, 3.05) is 0 Å². The van der Waals surface area contributed by atoms with E-state index in [0.717, 1.165) is 12.8 Å². The largest absolute Gasteiger partial charge is 0.478 e. The molecular formula is C15H16N2O4. The number of hydrogen-bond donors (Lipinski definition) is 2. The van der Waals surface area contributed by atoms with Crippen LogP contribution in [0, 0.1) is 5.92 Å². The number of hydrogen-bond acceptors (Lipinski definition) is 3. The Bertz CT molecular complexity index is 856. The van der Waals surface area contributed by atoms with Crippen molar-refractivity contribution in [3.05, 3.63) is 44.5 Å². The number of carbonyl (C=O) groups is 1. The van der Waals surface area contributed by atoms with Gasteiger partial charge in [-0.3, -0.25) is 14.2 Å². The first-order chi connectivity index (χ1) is 9.84. The summed E-state index contributed by atoms with van der Waals surface area (Å²) in [5.41, 5.74) is -1.29. The van der Waals surface area contributed by atoms with E-state index in [1.165, 1.54) is 10.6 Å². The van der Waals surface area contributed by atoms with Crippen LogP contribution in [0.4, 0.5) is 0 Å². The maximum atomic E-state index is 12.3. The van der Waals surface area contributed by atoms with Gasteiger partial charge in [0.15, 0.2) is 0 Å². The van der Waals surface area contributed by atoms with Crippen LogP contribution in [0.3, 0.4) is 0 Å². The number of aromatic amines is 1. The summed E-state index contributed by atoms with van der Waals surface area (Å²) in [5.74, 6) is -0.806. The summed E-state index contributed by atoms with van der Waals surface area (Å²) in [6.07, 6.45) is 2.01. The fourth-order valence-corrected chi connectivity index (χ4v) is 2.96. The predicted molar refractivity (Wildman–Crippen MR) is 77.8 cm³/mol. The fraction of sp³-hybridized carbons (Fsp3) is 0.400. The average molecular weight is 288 g/mol. The molecule has 0 bridgehead atoms. The molecule has 1 saturated carbocycles. The molecule has 2 aromatic rings. The number of carboxylic acid groups (broad SMARTS) is 1. The molecule has 0 unspecified atom stereocenters. The molecule has 1 aliphatic carbocycles. The van der Waals surface area contributed by atoms with E-state index in [9.17, 15) is 19.5 Å². The summed E-state index contributed by atoms with van der Waals surface area (Å²) in [6, 6.07) is 4.67. The van der Waals surface area contributed by atoms with Gasteiger partial charge in [0, 0.05) is 5.54 Å². The molecule has 0 saturated heterocycles. The Morgan fingerprint density at radius 3 is 2.57 bits per heavy atom. The fourth-order valence-electron chi connectivity index (χ4n) is 2.96. The van der Waals surface area contributed by atoms with Crippen LogP contribution in [0.5, 0.6) is 0 Å². The van der Waals surface area contributed by atoms with Crippen LogP contribution in [-0.4, -0.2) is 20.6 Å². The van der Waals surface area contributed by atoms with Gasteiger partial charge in [-0.15, -0.1) is 0 Å². The number of aromatic carboxylic acids is 1. The minimum absolute atomic E-state index is 0.00931. The zero-order valence-electron chi connectivity index (χ0n) is 11.8. The van der Waals surface area contributed by atoms with E-state index in [1.54, 1.807) is 12.1 Å². The standard InChI is InChI=1S/C15H16N2O4/c1-15(2,8-6-7-8)17-10-5-3-4-9(14(20)21)11(10)16-12(18)13(17)19/h3-5,8H,6-7H2,1-2H3,(H,16,18)(H,20,21). The number of benzene rings is 1. The van der Waals surface area contributed by atoms with Gasteiger partial charge < -0.3 is 10.1 Å².